The summed E-state index contributed by atoms with van der Waals surface area (Å²) in [6.07, 6.45) is 0. The Morgan fingerprint density at radius 2 is 2.16 bits per heavy atom. The molecule has 19 heavy (non-hydrogen) atoms. The largest absolute Gasteiger partial charge is 0.375 e. The summed E-state index contributed by atoms with van der Waals surface area (Å²) in [6.45, 7) is 8.81. The van der Waals surface area contributed by atoms with Crippen molar-refractivity contribution in [3.63, 3.8) is 0 Å². The van der Waals surface area contributed by atoms with E-state index in [1.165, 1.54) is 15.3 Å². The van der Waals surface area contributed by atoms with Crippen molar-refractivity contribution in [3.05, 3.63) is 33.8 Å². The molecule has 0 aliphatic heterocycles. The fourth-order valence-corrected chi connectivity index (χ4v) is 3.62. The minimum atomic E-state index is -0.0947. The predicted molar refractivity (Wildman–Crippen MR) is 85.0 cm³/mol. The van der Waals surface area contributed by atoms with Crippen LogP contribution in [-0.2, 0) is 11.3 Å². The van der Waals surface area contributed by atoms with E-state index in [-0.39, 0.29) is 5.60 Å². The van der Waals surface area contributed by atoms with E-state index in [4.69, 9.17) is 4.74 Å². The summed E-state index contributed by atoms with van der Waals surface area (Å²) in [5.74, 6) is 0. The highest BCUT2D eigenvalue weighted by Gasteiger charge is 2.16. The van der Waals surface area contributed by atoms with Crippen LogP contribution in [0.25, 0.3) is 10.4 Å². The van der Waals surface area contributed by atoms with Crippen molar-refractivity contribution < 1.29 is 4.74 Å². The average molecular weight is 295 g/mol. The van der Waals surface area contributed by atoms with E-state index in [2.05, 4.69) is 48.1 Å². The van der Waals surface area contributed by atoms with Crippen LogP contribution in [-0.4, -0.2) is 18.8 Å². The van der Waals surface area contributed by atoms with Crippen LogP contribution < -0.4 is 5.32 Å². The lowest BCUT2D eigenvalue weighted by Gasteiger charge is -2.24. The highest BCUT2D eigenvalue weighted by molar-refractivity contribution is 7.14. The van der Waals surface area contributed by atoms with Gasteiger partial charge in [-0.25, -0.2) is 0 Å². The topological polar surface area (TPSA) is 21.3 Å². The number of ether oxygens (including phenoxy) is 1. The second-order valence-electron chi connectivity index (χ2n) is 5.08. The lowest BCUT2D eigenvalue weighted by molar-refractivity contribution is -0.00893. The average Bonchev–Trinajstić information content (AvgIpc) is 2.98. The SMILES string of the molecule is CCOC(C)(C)CNCc1cc(-c2cccs2)cs1. The third-order valence-corrected chi connectivity index (χ3v) is 4.70. The molecule has 4 heteroatoms. The highest BCUT2D eigenvalue weighted by Crippen LogP contribution is 2.29. The molecule has 0 radical (unpaired) electrons. The zero-order valence-corrected chi connectivity index (χ0v) is 13.4. The lowest BCUT2D eigenvalue weighted by atomic mass is 10.1. The number of rotatable bonds is 7. The number of hydrogen-bond acceptors (Lipinski definition) is 4. The molecular formula is C15H21NOS2. The Balaban J connectivity index is 1.84. The maximum atomic E-state index is 5.67. The third-order valence-electron chi connectivity index (χ3n) is 2.84. The molecule has 0 bridgehead atoms. The molecule has 2 nitrogen and oxygen atoms in total. The Labute approximate surface area is 123 Å². The molecule has 0 aliphatic carbocycles. The van der Waals surface area contributed by atoms with Crippen molar-refractivity contribution in [2.24, 2.45) is 0 Å². The van der Waals surface area contributed by atoms with Crippen LogP contribution in [0.3, 0.4) is 0 Å². The molecule has 104 valence electrons. The van der Waals surface area contributed by atoms with Gasteiger partial charge in [-0.2, -0.15) is 0 Å². The van der Waals surface area contributed by atoms with Crippen LogP contribution in [0, 0.1) is 0 Å². The molecule has 2 heterocycles. The Kier molecular flexibility index (Phi) is 5.16. The quantitative estimate of drug-likeness (QED) is 0.818. The van der Waals surface area contributed by atoms with Gasteiger partial charge in [-0.1, -0.05) is 6.07 Å². The first-order chi connectivity index (χ1) is 9.11. The van der Waals surface area contributed by atoms with Crippen LogP contribution >= 0.6 is 22.7 Å². The molecule has 1 N–H and O–H groups in total. The Bertz CT molecular complexity index is 488. The molecule has 2 aromatic heterocycles. The highest BCUT2D eigenvalue weighted by atomic mass is 32.1. The molecule has 0 unspecified atom stereocenters. The van der Waals surface area contributed by atoms with Gasteiger partial charge in [0.2, 0.25) is 0 Å². The fourth-order valence-electron chi connectivity index (χ4n) is 1.97. The van der Waals surface area contributed by atoms with Crippen molar-refractivity contribution in [2.45, 2.75) is 32.9 Å². The maximum Gasteiger partial charge on any atom is 0.0750 e. The molecule has 0 spiro atoms. The molecule has 0 fully saturated rings. The monoisotopic (exact) mass is 295 g/mol. The smallest absolute Gasteiger partial charge is 0.0750 e. The van der Waals surface area contributed by atoms with E-state index < -0.39 is 0 Å². The second-order valence-corrected chi connectivity index (χ2v) is 7.02. The van der Waals surface area contributed by atoms with Crippen molar-refractivity contribution in [1.82, 2.24) is 5.32 Å². The number of hydrogen-bond donors (Lipinski definition) is 1. The summed E-state index contributed by atoms with van der Waals surface area (Å²) >= 11 is 3.61. The van der Waals surface area contributed by atoms with Gasteiger partial charge in [0.25, 0.3) is 0 Å². The van der Waals surface area contributed by atoms with Crippen molar-refractivity contribution >= 4 is 22.7 Å². The Morgan fingerprint density at radius 3 is 2.84 bits per heavy atom. The minimum absolute atomic E-state index is 0.0947. The molecule has 0 saturated carbocycles. The van der Waals surface area contributed by atoms with E-state index in [0.717, 1.165) is 19.7 Å². The van der Waals surface area contributed by atoms with Crippen LogP contribution in [0.2, 0.25) is 0 Å². The fraction of sp³-hybridized carbons (Fsp3) is 0.467. The van der Waals surface area contributed by atoms with Crippen LogP contribution in [0.4, 0.5) is 0 Å². The van der Waals surface area contributed by atoms with Gasteiger partial charge in [-0.3, -0.25) is 0 Å². The van der Waals surface area contributed by atoms with Gasteiger partial charge in [0.15, 0.2) is 0 Å². The van der Waals surface area contributed by atoms with Crippen LogP contribution in [0.1, 0.15) is 25.6 Å². The Hall–Kier alpha value is -0.680. The van der Waals surface area contributed by atoms with Crippen molar-refractivity contribution in [1.29, 1.82) is 0 Å². The predicted octanol–water partition coefficient (Wildman–Crippen LogP) is 4.38. The van der Waals surface area contributed by atoms with Gasteiger partial charge in [0.05, 0.1) is 5.60 Å². The first kappa shape index (κ1) is 14.7. The maximum absolute atomic E-state index is 5.67. The first-order valence-electron chi connectivity index (χ1n) is 6.57. The Morgan fingerprint density at radius 1 is 1.32 bits per heavy atom. The van der Waals surface area contributed by atoms with E-state index in [0.29, 0.717) is 0 Å². The molecule has 0 saturated heterocycles. The summed E-state index contributed by atoms with van der Waals surface area (Å²) in [4.78, 5) is 2.72. The van der Waals surface area contributed by atoms with Gasteiger partial charge in [-0.15, -0.1) is 22.7 Å². The normalized spacial score (nSPS) is 11.9. The number of thiophene rings is 2. The van der Waals surface area contributed by atoms with Gasteiger partial charge in [0, 0.05) is 35.0 Å². The van der Waals surface area contributed by atoms with E-state index in [1.807, 2.05) is 18.3 Å². The van der Waals surface area contributed by atoms with Gasteiger partial charge in [0.1, 0.15) is 0 Å². The molecule has 0 aromatic carbocycles. The zero-order chi connectivity index (χ0) is 13.7. The summed E-state index contributed by atoms with van der Waals surface area (Å²) in [7, 11) is 0. The molecule has 0 amide bonds. The van der Waals surface area contributed by atoms with Crippen LogP contribution in [0.5, 0.6) is 0 Å². The van der Waals surface area contributed by atoms with Crippen LogP contribution in [0.15, 0.2) is 29.0 Å². The third kappa shape index (κ3) is 4.42. The summed E-state index contributed by atoms with van der Waals surface area (Å²) in [6, 6.07) is 6.54. The van der Waals surface area contributed by atoms with Gasteiger partial charge >= 0.3 is 0 Å². The standard InChI is InChI=1S/C15H21NOS2/c1-4-17-15(2,3)11-16-9-13-8-12(10-19-13)14-6-5-7-18-14/h5-8,10,16H,4,9,11H2,1-3H3. The lowest BCUT2D eigenvalue weighted by Crippen LogP contribution is -2.37. The summed E-state index contributed by atoms with van der Waals surface area (Å²) < 4.78 is 5.67. The molecule has 0 atom stereocenters. The van der Waals surface area contributed by atoms with Gasteiger partial charge in [-0.05, 0) is 43.7 Å². The van der Waals surface area contributed by atoms with E-state index in [1.54, 1.807) is 11.3 Å². The van der Waals surface area contributed by atoms with E-state index >= 15 is 0 Å². The number of nitrogens with one attached hydrogen (secondary N) is 1. The van der Waals surface area contributed by atoms with Gasteiger partial charge < -0.3 is 10.1 Å². The molecule has 0 aliphatic rings. The van der Waals surface area contributed by atoms with Crippen molar-refractivity contribution in [2.75, 3.05) is 13.2 Å². The van der Waals surface area contributed by atoms with E-state index in [9.17, 15) is 0 Å². The molecule has 2 rings (SSSR count). The first-order valence-corrected chi connectivity index (χ1v) is 8.32. The minimum Gasteiger partial charge on any atom is -0.375 e. The second kappa shape index (κ2) is 6.66. The molecular weight excluding hydrogens is 274 g/mol. The van der Waals surface area contributed by atoms with Crippen molar-refractivity contribution in [3.8, 4) is 10.4 Å². The summed E-state index contributed by atoms with van der Waals surface area (Å²) in [5.41, 5.74) is 1.24. The zero-order valence-electron chi connectivity index (χ0n) is 11.7. The summed E-state index contributed by atoms with van der Waals surface area (Å²) in [5, 5.41) is 7.83. The molecule has 2 aromatic rings.